The standard InChI is InChI=1S/C15H28N2O4/c1-3-4-5-9-16(2)15(20)17-10-6-13(7-11-17)21-12-8-14(18)19/h13H,3-12H2,1-2H3,(H,18,19). The van der Waals surface area contributed by atoms with Gasteiger partial charge in [-0.25, -0.2) is 4.79 Å². The first-order valence-corrected chi connectivity index (χ1v) is 7.88. The molecular weight excluding hydrogens is 272 g/mol. The second-order valence-corrected chi connectivity index (χ2v) is 5.61. The van der Waals surface area contributed by atoms with Crippen LogP contribution in [0.15, 0.2) is 0 Å². The highest BCUT2D eigenvalue weighted by Crippen LogP contribution is 2.15. The molecule has 1 saturated heterocycles. The largest absolute Gasteiger partial charge is 0.481 e. The van der Waals surface area contributed by atoms with Gasteiger partial charge in [0.05, 0.1) is 19.1 Å². The molecule has 1 heterocycles. The number of carboxylic acid groups (broad SMARTS) is 1. The van der Waals surface area contributed by atoms with Crippen molar-refractivity contribution in [1.29, 1.82) is 0 Å². The zero-order chi connectivity index (χ0) is 15.7. The Bertz CT molecular complexity index is 328. The van der Waals surface area contributed by atoms with Crippen molar-refractivity contribution < 1.29 is 19.4 Å². The fourth-order valence-corrected chi connectivity index (χ4v) is 2.46. The summed E-state index contributed by atoms with van der Waals surface area (Å²) in [7, 11) is 1.85. The summed E-state index contributed by atoms with van der Waals surface area (Å²) in [5.74, 6) is -0.837. The van der Waals surface area contributed by atoms with Gasteiger partial charge in [0.25, 0.3) is 0 Å². The van der Waals surface area contributed by atoms with Gasteiger partial charge in [-0.05, 0) is 19.3 Å². The van der Waals surface area contributed by atoms with E-state index in [1.54, 1.807) is 4.90 Å². The van der Waals surface area contributed by atoms with Gasteiger partial charge in [0.2, 0.25) is 0 Å². The van der Waals surface area contributed by atoms with Crippen molar-refractivity contribution in [2.24, 2.45) is 0 Å². The number of likely N-dealkylation sites (tertiary alicyclic amines) is 1. The molecule has 0 unspecified atom stereocenters. The van der Waals surface area contributed by atoms with E-state index in [0.29, 0.717) is 13.1 Å². The number of nitrogens with zero attached hydrogens (tertiary/aromatic N) is 2. The molecule has 0 aromatic carbocycles. The van der Waals surface area contributed by atoms with Crippen molar-refractivity contribution in [3.05, 3.63) is 0 Å². The highest BCUT2D eigenvalue weighted by Gasteiger charge is 2.25. The van der Waals surface area contributed by atoms with Crippen molar-refractivity contribution >= 4 is 12.0 Å². The molecule has 1 aliphatic heterocycles. The molecule has 0 aromatic heterocycles. The highest BCUT2D eigenvalue weighted by atomic mass is 16.5. The van der Waals surface area contributed by atoms with E-state index in [-0.39, 0.29) is 25.2 Å². The van der Waals surface area contributed by atoms with E-state index in [1.165, 1.54) is 0 Å². The maximum absolute atomic E-state index is 12.2. The molecule has 2 amide bonds. The second kappa shape index (κ2) is 9.60. The lowest BCUT2D eigenvalue weighted by atomic mass is 10.1. The van der Waals surface area contributed by atoms with Crippen LogP contribution in [-0.2, 0) is 9.53 Å². The number of carbonyl (C=O) groups excluding carboxylic acids is 1. The number of hydrogen-bond acceptors (Lipinski definition) is 3. The Hall–Kier alpha value is -1.30. The first-order valence-electron chi connectivity index (χ1n) is 7.88. The van der Waals surface area contributed by atoms with Gasteiger partial charge in [0, 0.05) is 26.7 Å². The quantitative estimate of drug-likeness (QED) is 0.698. The lowest BCUT2D eigenvalue weighted by Gasteiger charge is -2.34. The third-order valence-electron chi connectivity index (χ3n) is 3.81. The summed E-state index contributed by atoms with van der Waals surface area (Å²) in [6, 6.07) is 0.0927. The van der Waals surface area contributed by atoms with Crippen molar-refractivity contribution in [3.8, 4) is 0 Å². The molecule has 0 atom stereocenters. The summed E-state index contributed by atoms with van der Waals surface area (Å²) in [4.78, 5) is 26.3. The fraction of sp³-hybridized carbons (Fsp3) is 0.867. The van der Waals surface area contributed by atoms with Crippen LogP contribution in [0.3, 0.4) is 0 Å². The minimum absolute atomic E-state index is 0.0410. The Morgan fingerprint density at radius 1 is 1.29 bits per heavy atom. The molecule has 0 aromatic rings. The lowest BCUT2D eigenvalue weighted by Crippen LogP contribution is -2.46. The van der Waals surface area contributed by atoms with E-state index >= 15 is 0 Å². The van der Waals surface area contributed by atoms with E-state index in [9.17, 15) is 9.59 Å². The van der Waals surface area contributed by atoms with E-state index in [1.807, 2.05) is 11.9 Å². The molecule has 6 nitrogen and oxygen atoms in total. The van der Waals surface area contributed by atoms with Crippen LogP contribution in [0.1, 0.15) is 45.4 Å². The second-order valence-electron chi connectivity index (χ2n) is 5.61. The molecule has 122 valence electrons. The number of unbranched alkanes of at least 4 members (excludes halogenated alkanes) is 2. The Kier molecular flexibility index (Phi) is 8.12. The SMILES string of the molecule is CCCCCN(C)C(=O)N1CCC(OCCC(=O)O)CC1. The summed E-state index contributed by atoms with van der Waals surface area (Å²) < 4.78 is 5.53. The molecule has 0 radical (unpaired) electrons. The summed E-state index contributed by atoms with van der Waals surface area (Å²) >= 11 is 0. The van der Waals surface area contributed by atoms with Crippen LogP contribution in [0.4, 0.5) is 4.79 Å². The molecule has 1 rings (SSSR count). The molecule has 1 fully saturated rings. The van der Waals surface area contributed by atoms with Gasteiger partial charge in [-0.1, -0.05) is 19.8 Å². The molecular formula is C15H28N2O4. The molecule has 0 bridgehead atoms. The predicted molar refractivity (Wildman–Crippen MR) is 80.4 cm³/mol. The van der Waals surface area contributed by atoms with E-state index in [2.05, 4.69) is 6.92 Å². The van der Waals surface area contributed by atoms with Crippen LogP contribution in [-0.4, -0.2) is 66.3 Å². The molecule has 6 heteroatoms. The summed E-state index contributed by atoms with van der Waals surface area (Å²) in [5.41, 5.74) is 0. The monoisotopic (exact) mass is 300 g/mol. The Morgan fingerprint density at radius 2 is 1.95 bits per heavy atom. The van der Waals surface area contributed by atoms with Crippen LogP contribution in [0, 0.1) is 0 Å². The molecule has 1 N–H and O–H groups in total. The zero-order valence-corrected chi connectivity index (χ0v) is 13.2. The average molecular weight is 300 g/mol. The van der Waals surface area contributed by atoms with Gasteiger partial charge in [-0.3, -0.25) is 4.79 Å². The fourth-order valence-electron chi connectivity index (χ4n) is 2.46. The molecule has 0 spiro atoms. The van der Waals surface area contributed by atoms with Gasteiger partial charge < -0.3 is 19.6 Å². The molecule has 21 heavy (non-hydrogen) atoms. The average Bonchev–Trinajstić information content (AvgIpc) is 2.47. The normalized spacial score (nSPS) is 16.0. The van der Waals surface area contributed by atoms with E-state index < -0.39 is 5.97 Å². The minimum atomic E-state index is -0.837. The zero-order valence-electron chi connectivity index (χ0n) is 13.2. The topological polar surface area (TPSA) is 70.1 Å². The van der Waals surface area contributed by atoms with Crippen molar-refractivity contribution in [3.63, 3.8) is 0 Å². The summed E-state index contributed by atoms with van der Waals surface area (Å²) in [5, 5.41) is 8.57. The van der Waals surface area contributed by atoms with Crippen molar-refractivity contribution in [1.82, 2.24) is 9.80 Å². The predicted octanol–water partition coefficient (Wildman–Crippen LogP) is 2.18. The number of ether oxygens (including phenoxy) is 1. The summed E-state index contributed by atoms with van der Waals surface area (Å²) in [6.07, 6.45) is 5.05. The number of urea groups is 1. The van der Waals surface area contributed by atoms with Gasteiger partial charge in [-0.15, -0.1) is 0 Å². The van der Waals surface area contributed by atoms with Gasteiger partial charge in [0.1, 0.15) is 0 Å². The van der Waals surface area contributed by atoms with Gasteiger partial charge in [0.15, 0.2) is 0 Å². The van der Waals surface area contributed by atoms with Crippen LogP contribution >= 0.6 is 0 Å². The number of aliphatic carboxylic acids is 1. The number of piperidine rings is 1. The third kappa shape index (κ3) is 6.80. The van der Waals surface area contributed by atoms with Gasteiger partial charge >= 0.3 is 12.0 Å². The number of carbonyl (C=O) groups is 2. The Labute approximate surface area is 127 Å². The van der Waals surface area contributed by atoms with E-state index in [0.717, 1.165) is 38.6 Å². The number of amides is 2. The van der Waals surface area contributed by atoms with Crippen molar-refractivity contribution in [2.45, 2.75) is 51.6 Å². The molecule has 1 aliphatic rings. The van der Waals surface area contributed by atoms with Crippen LogP contribution in [0.5, 0.6) is 0 Å². The van der Waals surface area contributed by atoms with Crippen LogP contribution in [0.25, 0.3) is 0 Å². The van der Waals surface area contributed by atoms with Crippen LogP contribution in [0.2, 0.25) is 0 Å². The first-order chi connectivity index (χ1) is 10.0. The molecule has 0 saturated carbocycles. The smallest absolute Gasteiger partial charge is 0.319 e. The Balaban J connectivity index is 2.22. The van der Waals surface area contributed by atoms with E-state index in [4.69, 9.17) is 9.84 Å². The number of rotatable bonds is 8. The number of hydrogen-bond donors (Lipinski definition) is 1. The van der Waals surface area contributed by atoms with Crippen LogP contribution < -0.4 is 0 Å². The number of carboxylic acids is 1. The first kappa shape index (κ1) is 17.8. The molecule has 0 aliphatic carbocycles. The van der Waals surface area contributed by atoms with Crippen molar-refractivity contribution in [2.75, 3.05) is 33.3 Å². The lowest BCUT2D eigenvalue weighted by molar-refractivity contribution is -0.138. The maximum atomic E-state index is 12.2. The minimum Gasteiger partial charge on any atom is -0.481 e. The van der Waals surface area contributed by atoms with Gasteiger partial charge in [-0.2, -0.15) is 0 Å². The maximum Gasteiger partial charge on any atom is 0.319 e. The Morgan fingerprint density at radius 3 is 2.52 bits per heavy atom. The highest BCUT2D eigenvalue weighted by molar-refractivity contribution is 5.74. The summed E-state index contributed by atoms with van der Waals surface area (Å²) in [6.45, 7) is 4.59. The third-order valence-corrected chi connectivity index (χ3v) is 3.81.